The molecule has 0 bridgehead atoms. The van der Waals surface area contributed by atoms with Crippen molar-refractivity contribution in [1.82, 2.24) is 10.6 Å². The third-order valence-electron chi connectivity index (χ3n) is 4.75. The highest BCUT2D eigenvalue weighted by molar-refractivity contribution is 7.95. The van der Waals surface area contributed by atoms with Crippen molar-refractivity contribution in [2.75, 3.05) is 13.7 Å². The van der Waals surface area contributed by atoms with E-state index in [1.165, 1.54) is 34.8 Å². The zero-order chi connectivity index (χ0) is 21.2. The van der Waals surface area contributed by atoms with Gasteiger partial charge in [0.15, 0.2) is 9.84 Å². The van der Waals surface area contributed by atoms with Crippen LogP contribution in [0.2, 0.25) is 0 Å². The second-order valence-corrected chi connectivity index (χ2v) is 10.5. The third kappa shape index (κ3) is 3.84. The Morgan fingerprint density at radius 3 is 2.23 bits per heavy atom. The fraction of sp³-hybridized carbons (Fsp3) is 0.800. The number of carboxylic acid groups (broad SMARTS) is 1. The minimum absolute atomic E-state index is 0.187. The molecule has 1 saturated heterocycles. The van der Waals surface area contributed by atoms with Gasteiger partial charge in [0.2, 0.25) is 11.8 Å². The maximum absolute atomic E-state index is 12.6. The normalized spacial score (nSPS) is 22.9. The van der Waals surface area contributed by atoms with Crippen molar-refractivity contribution in [2.24, 2.45) is 5.73 Å². The number of nitrogens with two attached hydrogens (primary N) is 1. The molecule has 0 saturated carbocycles. The van der Waals surface area contributed by atoms with Gasteiger partial charge in [-0.25, -0.2) is 8.42 Å². The number of hydrogen-bond donors (Lipinski definition) is 4. The molecular weight excluding hydrogens is 366 g/mol. The average molecular weight is 394 g/mol. The number of amides is 2. The summed E-state index contributed by atoms with van der Waals surface area (Å²) in [4.78, 5) is 35.7. The molecule has 1 fully saturated rings. The van der Waals surface area contributed by atoms with Gasteiger partial charge in [-0.1, -0.05) is 0 Å². The summed E-state index contributed by atoms with van der Waals surface area (Å²) in [6.07, 6.45) is -0.530. The van der Waals surface area contributed by atoms with Crippen LogP contribution in [0.4, 0.5) is 0 Å². The molecule has 0 aliphatic carbocycles. The van der Waals surface area contributed by atoms with Crippen molar-refractivity contribution in [3.63, 3.8) is 0 Å². The Kier molecular flexibility index (Phi) is 5.93. The first-order chi connectivity index (χ1) is 12.2. The Bertz CT molecular complexity index is 686. The number of carboxylic acids is 1. The molecule has 2 atom stereocenters. The highest BCUT2D eigenvalue weighted by Gasteiger charge is 2.67. The molecule has 150 valence electrons. The van der Waals surface area contributed by atoms with Crippen molar-refractivity contribution in [3.05, 3.63) is 0 Å². The van der Waals surface area contributed by atoms with E-state index in [4.69, 9.17) is 11.9 Å². The van der Waals surface area contributed by atoms with Crippen LogP contribution in [0.15, 0.2) is 0 Å². The molecule has 0 radical (unpaired) electrons. The van der Waals surface area contributed by atoms with Crippen molar-refractivity contribution in [1.29, 1.82) is 1.43 Å². The van der Waals surface area contributed by atoms with E-state index in [9.17, 15) is 22.8 Å². The maximum Gasteiger partial charge on any atom is 0.305 e. The molecule has 0 aromatic heterocycles. The summed E-state index contributed by atoms with van der Waals surface area (Å²) in [5.41, 5.74) is 5.55. The summed E-state index contributed by atoms with van der Waals surface area (Å²) < 4.78 is 33.8. The van der Waals surface area contributed by atoms with Crippen molar-refractivity contribution in [2.45, 2.75) is 61.7 Å². The van der Waals surface area contributed by atoms with Gasteiger partial charge in [-0.2, -0.15) is 0 Å². The van der Waals surface area contributed by atoms with Crippen LogP contribution < -0.4 is 16.4 Å². The molecular formula is C15H27N3O7S. The molecule has 11 heteroatoms. The van der Waals surface area contributed by atoms with Crippen molar-refractivity contribution < 1.29 is 32.6 Å². The van der Waals surface area contributed by atoms with E-state index >= 15 is 0 Å². The highest BCUT2D eigenvalue weighted by atomic mass is 32.2. The number of aliphatic carboxylic acids is 1. The van der Waals surface area contributed by atoms with Crippen LogP contribution in [0.3, 0.4) is 0 Å². The number of carbonyl (C=O) groups is 3. The zero-order valence-corrected chi connectivity index (χ0v) is 16.3. The second kappa shape index (κ2) is 7.49. The minimum Gasteiger partial charge on any atom is -0.481 e. The number of nitrogens with one attached hydrogen (secondary N) is 2. The van der Waals surface area contributed by atoms with Gasteiger partial charge >= 0.3 is 5.97 Å². The topological polar surface area (TPSA) is 165 Å². The molecule has 10 nitrogen and oxygen atoms in total. The van der Waals surface area contributed by atoms with Gasteiger partial charge in [0.05, 0.1) is 34.6 Å². The Labute approximate surface area is 154 Å². The summed E-state index contributed by atoms with van der Waals surface area (Å²) in [5, 5.41) is 8.72. The van der Waals surface area contributed by atoms with E-state index in [1.807, 2.05) is 0 Å². The van der Waals surface area contributed by atoms with Crippen LogP contribution in [0.1, 0.15) is 34.1 Å². The van der Waals surface area contributed by atoms with E-state index in [1.54, 1.807) is 0 Å². The van der Waals surface area contributed by atoms with Gasteiger partial charge in [0.25, 0.3) is 1.43 Å². The number of methoxy groups -OCH3 is 1. The lowest BCUT2D eigenvalue weighted by Crippen LogP contribution is -2.78. The summed E-state index contributed by atoms with van der Waals surface area (Å²) in [6.45, 7) is 5.89. The van der Waals surface area contributed by atoms with Crippen LogP contribution in [0.25, 0.3) is 1.43 Å². The SMILES string of the molecule is [2H]OC(=O)C[C@H](N)C(=O)N[C@@H](COC)C(=O)NC1C(C)(C)S(=O)(=O)C1(C)C. The van der Waals surface area contributed by atoms with E-state index < -0.39 is 61.7 Å². The minimum atomic E-state index is -3.45. The quantitative estimate of drug-likeness (QED) is 0.382. The van der Waals surface area contributed by atoms with Crippen LogP contribution >= 0.6 is 0 Å². The summed E-state index contributed by atoms with van der Waals surface area (Å²) in [7, 11) is -2.12. The fourth-order valence-corrected chi connectivity index (χ4v) is 5.76. The number of carbonyl (C=O) groups excluding carboxylic acids is 2. The Balaban J connectivity index is 2.85. The smallest absolute Gasteiger partial charge is 0.305 e. The lowest BCUT2D eigenvalue weighted by Gasteiger charge is -2.56. The van der Waals surface area contributed by atoms with Gasteiger partial charge in [-0.15, -0.1) is 0 Å². The van der Waals surface area contributed by atoms with E-state index in [-0.39, 0.29) is 6.61 Å². The molecule has 0 unspecified atom stereocenters. The van der Waals surface area contributed by atoms with Gasteiger partial charge in [-0.05, 0) is 27.7 Å². The average Bonchev–Trinajstić information content (AvgIpc) is 2.57. The molecule has 5 N–H and O–H groups in total. The second-order valence-electron chi connectivity index (χ2n) is 7.35. The molecule has 0 aromatic rings. The lowest BCUT2D eigenvalue weighted by molar-refractivity contribution is -0.139. The van der Waals surface area contributed by atoms with Gasteiger partial charge < -0.3 is 26.2 Å². The Morgan fingerprint density at radius 1 is 1.23 bits per heavy atom. The summed E-state index contributed by atoms with van der Waals surface area (Å²) >= 11 is 0. The van der Waals surface area contributed by atoms with Gasteiger partial charge in [0, 0.05) is 7.11 Å². The van der Waals surface area contributed by atoms with E-state index in [0.29, 0.717) is 0 Å². The van der Waals surface area contributed by atoms with Crippen LogP contribution in [-0.4, -0.2) is 72.6 Å². The molecule has 1 rings (SSSR count). The molecule has 0 aromatic carbocycles. The van der Waals surface area contributed by atoms with Crippen LogP contribution in [0.5, 0.6) is 0 Å². The molecule has 1 aliphatic rings. The number of ether oxygens (including phenoxy) is 1. The highest BCUT2D eigenvalue weighted by Crippen LogP contribution is 2.48. The van der Waals surface area contributed by atoms with E-state index in [2.05, 4.69) is 15.7 Å². The predicted molar refractivity (Wildman–Crippen MR) is 93.0 cm³/mol. The Hall–Kier alpha value is -1.72. The Morgan fingerprint density at radius 2 is 1.77 bits per heavy atom. The third-order valence-corrected chi connectivity index (χ3v) is 7.99. The van der Waals surface area contributed by atoms with Crippen LogP contribution in [0, 0.1) is 0 Å². The van der Waals surface area contributed by atoms with Gasteiger partial charge in [-0.3, -0.25) is 14.4 Å². The first-order valence-electron chi connectivity index (χ1n) is 8.40. The maximum atomic E-state index is 12.6. The van der Waals surface area contributed by atoms with Crippen molar-refractivity contribution in [3.8, 4) is 0 Å². The van der Waals surface area contributed by atoms with Crippen molar-refractivity contribution >= 4 is 27.6 Å². The first-order valence-corrected chi connectivity index (χ1v) is 9.47. The number of rotatable bonds is 8. The number of sulfone groups is 1. The molecule has 0 spiro atoms. The largest absolute Gasteiger partial charge is 0.481 e. The predicted octanol–water partition coefficient (Wildman–Crippen LogP) is -1.61. The van der Waals surface area contributed by atoms with Crippen LogP contribution in [-0.2, 0) is 29.0 Å². The monoisotopic (exact) mass is 394 g/mol. The molecule has 2 amide bonds. The van der Waals surface area contributed by atoms with Gasteiger partial charge in [0.1, 0.15) is 6.04 Å². The number of hydrogen-bond acceptors (Lipinski definition) is 8. The summed E-state index contributed by atoms with van der Waals surface area (Å²) in [5.74, 6) is -2.44. The zero-order valence-electron chi connectivity index (χ0n) is 16.5. The first kappa shape index (κ1) is 20.6. The fourth-order valence-electron chi connectivity index (χ4n) is 3.26. The lowest BCUT2D eigenvalue weighted by atomic mass is 9.89. The van der Waals surface area contributed by atoms with E-state index in [0.717, 1.165) is 0 Å². The standard InChI is InChI=1S/C15H27N3O7S/c1-14(2)13(15(3,4)26(14,23)24)18-12(22)9(7-25-5)17-11(21)8(16)6-10(19)20/h8-9,13H,6-7,16H2,1-5H3,(H,17,21)(H,18,22)(H,19,20)/t8-,9-/m0/s1/i/hD. The molecule has 1 heterocycles. The summed E-state index contributed by atoms with van der Waals surface area (Å²) in [6, 6.07) is -3.13. The molecule has 26 heavy (non-hydrogen) atoms. The molecule has 1 aliphatic heterocycles.